The van der Waals surface area contributed by atoms with E-state index in [2.05, 4.69) is 11.1 Å². The van der Waals surface area contributed by atoms with E-state index in [9.17, 15) is 0 Å². The van der Waals surface area contributed by atoms with Gasteiger partial charge in [0.05, 0.1) is 18.5 Å². The molecule has 3 rings (SSSR count). The van der Waals surface area contributed by atoms with Crippen LogP contribution in [0.3, 0.4) is 0 Å². The lowest BCUT2D eigenvalue weighted by molar-refractivity contribution is 0.294. The number of anilines is 1. The minimum absolute atomic E-state index is 0.387. The summed E-state index contributed by atoms with van der Waals surface area (Å²) in [7, 11) is 1.66. The smallest absolute Gasteiger partial charge is 0.233 e. The Balaban J connectivity index is 1.81. The molecule has 2 aromatic carbocycles. The van der Waals surface area contributed by atoms with E-state index in [1.807, 2.05) is 37.3 Å². The van der Waals surface area contributed by atoms with Gasteiger partial charge in [-0.3, -0.25) is 0 Å². The van der Waals surface area contributed by atoms with E-state index < -0.39 is 0 Å². The van der Waals surface area contributed by atoms with Gasteiger partial charge in [0.1, 0.15) is 17.4 Å². The number of nitrogens with zero attached hydrogens (tertiary/aromatic N) is 1. The average molecular weight is 329 g/mol. The lowest BCUT2D eigenvalue weighted by atomic mass is 10.1. The Morgan fingerprint density at radius 1 is 1.09 bits per heavy atom. The highest BCUT2D eigenvalue weighted by Crippen LogP contribution is 2.27. The predicted molar refractivity (Wildman–Crippen MR) is 93.2 cm³/mol. The van der Waals surface area contributed by atoms with Crippen LogP contribution in [0.15, 0.2) is 42.5 Å². The van der Waals surface area contributed by atoms with Crippen LogP contribution in [0, 0.1) is 6.92 Å². The van der Waals surface area contributed by atoms with E-state index in [0.717, 1.165) is 22.1 Å². The Labute approximate surface area is 139 Å². The van der Waals surface area contributed by atoms with Crippen molar-refractivity contribution >= 4 is 28.1 Å². The Kier molecular flexibility index (Phi) is 4.26. The van der Waals surface area contributed by atoms with Crippen LogP contribution >= 0.6 is 11.6 Å². The number of rotatable bonds is 4. The van der Waals surface area contributed by atoms with Gasteiger partial charge in [0.2, 0.25) is 5.88 Å². The van der Waals surface area contributed by atoms with E-state index >= 15 is 0 Å². The molecular weight excluding hydrogens is 312 g/mol. The van der Waals surface area contributed by atoms with Gasteiger partial charge in [0, 0.05) is 0 Å². The van der Waals surface area contributed by atoms with Gasteiger partial charge >= 0.3 is 0 Å². The zero-order valence-corrected chi connectivity index (χ0v) is 13.7. The van der Waals surface area contributed by atoms with E-state index in [1.54, 1.807) is 13.2 Å². The van der Waals surface area contributed by atoms with E-state index in [-0.39, 0.29) is 0 Å². The standard InChI is InChI=1S/C18H17ClN2O2/c1-11-17(20)9-16(19)18(21-11)23-10-12-3-4-14-8-15(22-2)6-5-13(14)7-12/h3-9H,10,20H2,1-2H3. The van der Waals surface area contributed by atoms with Crippen molar-refractivity contribution in [2.24, 2.45) is 0 Å². The molecule has 0 aliphatic heterocycles. The summed E-state index contributed by atoms with van der Waals surface area (Å²) in [6.07, 6.45) is 0. The zero-order chi connectivity index (χ0) is 16.4. The van der Waals surface area contributed by atoms with Crippen molar-refractivity contribution < 1.29 is 9.47 Å². The molecule has 0 radical (unpaired) electrons. The number of benzene rings is 2. The van der Waals surface area contributed by atoms with Gasteiger partial charge in [0.15, 0.2) is 0 Å². The summed E-state index contributed by atoms with van der Waals surface area (Å²) in [5.41, 5.74) is 8.07. The lowest BCUT2D eigenvalue weighted by Crippen LogP contribution is -2.01. The molecule has 23 heavy (non-hydrogen) atoms. The third-order valence-corrected chi connectivity index (χ3v) is 3.93. The second-order valence-electron chi connectivity index (χ2n) is 5.29. The fourth-order valence-electron chi connectivity index (χ4n) is 2.32. The highest BCUT2D eigenvalue weighted by molar-refractivity contribution is 6.32. The molecule has 5 heteroatoms. The molecule has 0 amide bonds. The molecule has 4 nitrogen and oxygen atoms in total. The zero-order valence-electron chi connectivity index (χ0n) is 13.0. The maximum absolute atomic E-state index is 6.11. The second-order valence-corrected chi connectivity index (χ2v) is 5.69. The number of methoxy groups -OCH3 is 1. The van der Waals surface area contributed by atoms with Gasteiger partial charge in [-0.05, 0) is 47.5 Å². The molecule has 0 saturated carbocycles. The fourth-order valence-corrected chi connectivity index (χ4v) is 2.53. The van der Waals surface area contributed by atoms with Crippen LogP contribution in [-0.4, -0.2) is 12.1 Å². The predicted octanol–water partition coefficient (Wildman–Crippen LogP) is 4.37. The highest BCUT2D eigenvalue weighted by Gasteiger charge is 2.08. The summed E-state index contributed by atoms with van der Waals surface area (Å²) in [4.78, 5) is 4.28. The molecule has 0 aliphatic rings. The lowest BCUT2D eigenvalue weighted by Gasteiger charge is -2.10. The van der Waals surface area contributed by atoms with Gasteiger partial charge in [-0.15, -0.1) is 0 Å². The summed E-state index contributed by atoms with van der Waals surface area (Å²) in [5.74, 6) is 1.24. The largest absolute Gasteiger partial charge is 0.497 e. The summed E-state index contributed by atoms with van der Waals surface area (Å²) < 4.78 is 11.0. The SMILES string of the molecule is COc1ccc2cc(COc3nc(C)c(N)cc3Cl)ccc2c1. The molecule has 0 bridgehead atoms. The molecule has 0 unspecified atom stereocenters. The average Bonchev–Trinajstić information content (AvgIpc) is 2.56. The van der Waals surface area contributed by atoms with Crippen LogP contribution in [0.4, 0.5) is 5.69 Å². The summed E-state index contributed by atoms with van der Waals surface area (Å²) in [6.45, 7) is 2.21. The highest BCUT2D eigenvalue weighted by atomic mass is 35.5. The molecule has 0 spiro atoms. The quantitative estimate of drug-likeness (QED) is 0.772. The second kappa shape index (κ2) is 6.34. The molecule has 1 heterocycles. The van der Waals surface area contributed by atoms with E-state index in [0.29, 0.717) is 28.9 Å². The fraction of sp³-hybridized carbons (Fsp3) is 0.167. The molecular formula is C18H17ClN2O2. The first-order valence-electron chi connectivity index (χ1n) is 7.19. The van der Waals surface area contributed by atoms with Gasteiger partial charge < -0.3 is 15.2 Å². The van der Waals surface area contributed by atoms with Gasteiger partial charge in [-0.2, -0.15) is 0 Å². The van der Waals surface area contributed by atoms with Crippen molar-refractivity contribution in [3.63, 3.8) is 0 Å². The Morgan fingerprint density at radius 3 is 2.61 bits per heavy atom. The maximum Gasteiger partial charge on any atom is 0.233 e. The molecule has 3 aromatic rings. The van der Waals surface area contributed by atoms with Crippen molar-refractivity contribution in [2.45, 2.75) is 13.5 Å². The molecule has 0 atom stereocenters. The Hall–Kier alpha value is -2.46. The monoisotopic (exact) mass is 328 g/mol. The number of aryl methyl sites for hydroxylation is 1. The Morgan fingerprint density at radius 2 is 1.83 bits per heavy atom. The summed E-state index contributed by atoms with van der Waals surface area (Å²) in [6, 6.07) is 13.8. The number of hydrogen-bond donors (Lipinski definition) is 1. The maximum atomic E-state index is 6.11. The number of hydrogen-bond acceptors (Lipinski definition) is 4. The first kappa shape index (κ1) is 15.4. The van der Waals surface area contributed by atoms with E-state index in [1.165, 1.54) is 0 Å². The third-order valence-electron chi connectivity index (χ3n) is 3.66. The molecule has 2 N–H and O–H groups in total. The Bertz CT molecular complexity index is 865. The number of aromatic nitrogens is 1. The molecule has 1 aromatic heterocycles. The first-order valence-corrected chi connectivity index (χ1v) is 7.56. The summed E-state index contributed by atoms with van der Waals surface area (Å²) in [5, 5.41) is 2.66. The van der Waals surface area contributed by atoms with Crippen LogP contribution in [0.25, 0.3) is 10.8 Å². The number of halogens is 1. The van der Waals surface area contributed by atoms with Crippen molar-refractivity contribution in [3.8, 4) is 11.6 Å². The minimum Gasteiger partial charge on any atom is -0.497 e. The molecule has 0 aliphatic carbocycles. The first-order chi connectivity index (χ1) is 11.1. The van der Waals surface area contributed by atoms with Crippen molar-refractivity contribution in [2.75, 3.05) is 12.8 Å². The van der Waals surface area contributed by atoms with Crippen LogP contribution in [0.5, 0.6) is 11.6 Å². The van der Waals surface area contributed by atoms with Crippen molar-refractivity contribution in [1.82, 2.24) is 4.98 Å². The number of ether oxygens (including phenoxy) is 2. The molecule has 0 saturated heterocycles. The number of nitrogens with two attached hydrogens (primary N) is 1. The van der Waals surface area contributed by atoms with Crippen LogP contribution < -0.4 is 15.2 Å². The van der Waals surface area contributed by atoms with Crippen LogP contribution in [0.1, 0.15) is 11.3 Å². The normalized spacial score (nSPS) is 10.7. The number of nitrogen functional groups attached to an aromatic ring is 1. The van der Waals surface area contributed by atoms with Crippen molar-refractivity contribution in [1.29, 1.82) is 0 Å². The van der Waals surface area contributed by atoms with Crippen molar-refractivity contribution in [3.05, 3.63) is 58.7 Å². The van der Waals surface area contributed by atoms with E-state index in [4.69, 9.17) is 26.8 Å². The molecule has 118 valence electrons. The summed E-state index contributed by atoms with van der Waals surface area (Å²) >= 11 is 6.11. The van der Waals surface area contributed by atoms with Crippen LogP contribution in [-0.2, 0) is 6.61 Å². The third kappa shape index (κ3) is 3.32. The van der Waals surface area contributed by atoms with Gasteiger partial charge in [-0.1, -0.05) is 29.8 Å². The topological polar surface area (TPSA) is 57.4 Å². The number of pyridine rings is 1. The van der Waals surface area contributed by atoms with Crippen LogP contribution in [0.2, 0.25) is 5.02 Å². The molecule has 0 fully saturated rings. The minimum atomic E-state index is 0.387. The van der Waals surface area contributed by atoms with Gasteiger partial charge in [0.25, 0.3) is 0 Å². The number of fused-ring (bicyclic) bond motifs is 1. The van der Waals surface area contributed by atoms with Gasteiger partial charge in [-0.25, -0.2) is 4.98 Å².